The molecule has 1 aliphatic heterocycles. The van der Waals surface area contributed by atoms with Crippen molar-refractivity contribution >= 4 is 17.8 Å². The molecule has 4 rings (SSSR count). The van der Waals surface area contributed by atoms with Crippen molar-refractivity contribution in [2.45, 2.75) is 31.3 Å². The van der Waals surface area contributed by atoms with E-state index in [2.05, 4.69) is 15.3 Å². The highest BCUT2D eigenvalue weighted by Gasteiger charge is 2.48. The zero-order chi connectivity index (χ0) is 22.9. The van der Waals surface area contributed by atoms with Crippen LogP contribution in [0.5, 0.6) is 5.75 Å². The van der Waals surface area contributed by atoms with Crippen molar-refractivity contribution in [3.63, 3.8) is 0 Å². The van der Waals surface area contributed by atoms with E-state index in [-0.39, 0.29) is 36.1 Å². The summed E-state index contributed by atoms with van der Waals surface area (Å²) in [5.41, 5.74) is 0.987. The maximum atomic E-state index is 14.4. The highest BCUT2D eigenvalue weighted by molar-refractivity contribution is 5.93. The molecule has 166 valence electrons. The predicted molar refractivity (Wildman–Crippen MR) is 107 cm³/mol. The number of carbonyl (C=O) groups is 2. The number of carbonyl (C=O) groups excluding carboxylic acids is 1. The minimum Gasteiger partial charge on any atom is -0.483 e. The Balaban J connectivity index is 1.52. The molecule has 2 aromatic rings. The molecule has 1 atom stereocenters. The smallest absolute Gasteiger partial charge is 0.407 e. The molecule has 0 radical (unpaired) electrons. The van der Waals surface area contributed by atoms with Crippen molar-refractivity contribution in [2.24, 2.45) is 5.92 Å². The normalized spacial score (nSPS) is 19.7. The van der Waals surface area contributed by atoms with Crippen molar-refractivity contribution in [2.75, 3.05) is 18.4 Å². The van der Waals surface area contributed by atoms with Crippen molar-refractivity contribution < 1.29 is 28.2 Å². The monoisotopic (exact) mass is 443 g/mol. The van der Waals surface area contributed by atoms with Crippen LogP contribution in [0.3, 0.4) is 0 Å². The van der Waals surface area contributed by atoms with Crippen molar-refractivity contribution in [3.8, 4) is 23.1 Å². The summed E-state index contributed by atoms with van der Waals surface area (Å²) in [6, 6.07) is 7.91. The lowest BCUT2D eigenvalue weighted by Gasteiger charge is -2.36. The Morgan fingerprint density at radius 2 is 2.03 bits per heavy atom. The number of anilines is 1. The minimum atomic E-state index is -3.40. The number of aromatic nitrogens is 2. The summed E-state index contributed by atoms with van der Waals surface area (Å²) < 4.78 is 34.2. The van der Waals surface area contributed by atoms with Gasteiger partial charge in [0, 0.05) is 30.5 Å². The molecule has 1 aromatic carbocycles. The van der Waals surface area contributed by atoms with Gasteiger partial charge in [-0.15, -0.1) is 0 Å². The third kappa shape index (κ3) is 4.59. The van der Waals surface area contributed by atoms with Gasteiger partial charge < -0.3 is 20.1 Å². The van der Waals surface area contributed by atoms with Crippen LogP contribution in [-0.2, 0) is 4.79 Å². The van der Waals surface area contributed by atoms with Gasteiger partial charge in [0.25, 0.3) is 0 Å². The Bertz CT molecular complexity index is 1100. The van der Waals surface area contributed by atoms with Crippen LogP contribution in [0.2, 0.25) is 0 Å². The van der Waals surface area contributed by atoms with Crippen LogP contribution in [-0.4, -0.2) is 57.1 Å². The van der Waals surface area contributed by atoms with Gasteiger partial charge >= 0.3 is 12.0 Å². The van der Waals surface area contributed by atoms with Crippen LogP contribution in [0.15, 0.2) is 30.6 Å². The number of nitriles is 1. The van der Waals surface area contributed by atoms with E-state index in [0.29, 0.717) is 22.0 Å². The molecule has 32 heavy (non-hydrogen) atoms. The number of nitrogens with one attached hydrogen (secondary N) is 1. The van der Waals surface area contributed by atoms with Gasteiger partial charge in [-0.05, 0) is 31.0 Å². The van der Waals surface area contributed by atoms with Gasteiger partial charge in [0.2, 0.25) is 5.91 Å². The van der Waals surface area contributed by atoms with Crippen LogP contribution in [0.25, 0.3) is 11.3 Å². The summed E-state index contributed by atoms with van der Waals surface area (Å²) in [5.74, 6) is -3.19. The molecule has 0 bridgehead atoms. The first-order valence-corrected chi connectivity index (χ1v) is 9.96. The molecule has 2 amide bonds. The fraction of sp³-hybridized carbons (Fsp3) is 0.381. The highest BCUT2D eigenvalue weighted by Crippen LogP contribution is 2.34. The fourth-order valence-corrected chi connectivity index (χ4v) is 3.42. The number of halogens is 2. The average Bonchev–Trinajstić information content (AvgIpc) is 3.60. The van der Waals surface area contributed by atoms with Crippen molar-refractivity contribution in [1.29, 1.82) is 5.26 Å². The number of alkyl halides is 2. The third-order valence-corrected chi connectivity index (χ3v) is 5.34. The van der Waals surface area contributed by atoms with E-state index in [1.165, 1.54) is 18.5 Å². The van der Waals surface area contributed by atoms with Crippen LogP contribution in [0.4, 0.5) is 19.4 Å². The lowest BCUT2D eigenvalue weighted by Crippen LogP contribution is -2.55. The first-order chi connectivity index (χ1) is 15.3. The van der Waals surface area contributed by atoms with E-state index in [0.717, 1.165) is 12.8 Å². The van der Waals surface area contributed by atoms with Gasteiger partial charge in [-0.2, -0.15) is 5.26 Å². The number of hydrogen-bond donors (Lipinski definition) is 2. The van der Waals surface area contributed by atoms with Crippen LogP contribution in [0, 0.1) is 17.2 Å². The SMILES string of the molecule is N#Cc1cc(-c2cc(NC(=O)C3CC3)ncn2)ccc1OC1CCN(C(=O)O)CC1(F)F. The molecule has 1 saturated carbocycles. The van der Waals surface area contributed by atoms with E-state index >= 15 is 0 Å². The van der Waals surface area contributed by atoms with Gasteiger partial charge in [0.05, 0.1) is 17.8 Å². The summed E-state index contributed by atoms with van der Waals surface area (Å²) >= 11 is 0. The molecule has 1 aliphatic carbocycles. The second-order valence-electron chi connectivity index (χ2n) is 7.74. The number of ether oxygens (including phenoxy) is 1. The van der Waals surface area contributed by atoms with Crippen LogP contribution >= 0.6 is 0 Å². The molecule has 2 N–H and O–H groups in total. The molecular formula is C21H19F2N5O4. The Morgan fingerprint density at radius 1 is 1.25 bits per heavy atom. The van der Waals surface area contributed by atoms with Gasteiger partial charge in [0.15, 0.2) is 6.10 Å². The number of piperidine rings is 1. The molecule has 2 aliphatic rings. The molecule has 1 saturated heterocycles. The Hall–Kier alpha value is -3.81. The maximum Gasteiger partial charge on any atom is 0.407 e. The molecule has 0 spiro atoms. The molecule has 2 heterocycles. The first-order valence-electron chi connectivity index (χ1n) is 9.96. The summed E-state index contributed by atoms with van der Waals surface area (Å²) in [6.07, 6.45) is -0.189. The van der Waals surface area contributed by atoms with Crippen molar-refractivity contribution in [1.82, 2.24) is 14.9 Å². The molecular weight excluding hydrogens is 424 g/mol. The quantitative estimate of drug-likeness (QED) is 0.726. The topological polar surface area (TPSA) is 128 Å². The number of nitrogens with zero attached hydrogens (tertiary/aromatic N) is 4. The number of rotatable bonds is 5. The van der Waals surface area contributed by atoms with Crippen LogP contribution in [0.1, 0.15) is 24.8 Å². The summed E-state index contributed by atoms with van der Waals surface area (Å²) in [7, 11) is 0. The summed E-state index contributed by atoms with van der Waals surface area (Å²) in [6.45, 7) is -1.06. The lowest BCUT2D eigenvalue weighted by atomic mass is 10.0. The standard InChI is InChI=1S/C21H19F2N5O4/c22-21(23)10-28(20(30)31)6-5-17(21)32-16-4-3-13(7-14(16)9-24)15-8-18(26-11-25-15)27-19(29)12-1-2-12/h3-4,7-8,11-12,17H,1-2,5-6,10H2,(H,30,31)(H,25,26,27,29). The van der Waals surface area contributed by atoms with Gasteiger partial charge in [-0.25, -0.2) is 23.5 Å². The lowest BCUT2D eigenvalue weighted by molar-refractivity contribution is -0.133. The van der Waals surface area contributed by atoms with Crippen molar-refractivity contribution in [3.05, 3.63) is 36.2 Å². The second-order valence-corrected chi connectivity index (χ2v) is 7.74. The summed E-state index contributed by atoms with van der Waals surface area (Å²) in [5, 5.41) is 21.2. The molecule has 2 fully saturated rings. The Morgan fingerprint density at radius 3 is 2.69 bits per heavy atom. The average molecular weight is 443 g/mol. The number of benzene rings is 1. The van der Waals surface area contributed by atoms with Crippen LogP contribution < -0.4 is 10.1 Å². The van der Waals surface area contributed by atoms with Gasteiger partial charge in [-0.1, -0.05) is 0 Å². The zero-order valence-corrected chi connectivity index (χ0v) is 16.8. The minimum absolute atomic E-state index is 0.00975. The number of likely N-dealkylation sites (tertiary alicyclic amines) is 1. The van der Waals surface area contributed by atoms with Gasteiger partial charge in [0.1, 0.15) is 24.0 Å². The molecule has 9 nitrogen and oxygen atoms in total. The number of hydrogen-bond acceptors (Lipinski definition) is 6. The predicted octanol–water partition coefficient (Wildman–Crippen LogP) is 3.13. The molecule has 1 unspecified atom stereocenters. The third-order valence-electron chi connectivity index (χ3n) is 5.34. The Labute approximate surface area is 181 Å². The number of amides is 2. The fourth-order valence-electron chi connectivity index (χ4n) is 3.42. The van der Waals surface area contributed by atoms with Gasteiger partial charge in [-0.3, -0.25) is 4.79 Å². The largest absolute Gasteiger partial charge is 0.483 e. The number of carboxylic acid groups (broad SMARTS) is 1. The summed E-state index contributed by atoms with van der Waals surface area (Å²) in [4.78, 5) is 31.7. The van der Waals surface area contributed by atoms with E-state index < -0.39 is 24.7 Å². The zero-order valence-electron chi connectivity index (χ0n) is 16.8. The maximum absolute atomic E-state index is 14.4. The van der Waals surface area contributed by atoms with E-state index in [4.69, 9.17) is 9.84 Å². The highest BCUT2D eigenvalue weighted by atomic mass is 19.3. The Kier molecular flexibility index (Phi) is 5.61. The molecule has 1 aromatic heterocycles. The van der Waals surface area contributed by atoms with E-state index in [1.54, 1.807) is 12.1 Å². The van der Waals surface area contributed by atoms with E-state index in [9.17, 15) is 23.6 Å². The van der Waals surface area contributed by atoms with E-state index in [1.807, 2.05) is 6.07 Å². The first kappa shape index (κ1) is 21.4. The second kappa shape index (κ2) is 8.37. The molecule has 11 heteroatoms.